The topological polar surface area (TPSA) is 109 Å². The number of benzene rings is 2. The second-order valence-electron chi connectivity index (χ2n) is 10.3. The summed E-state index contributed by atoms with van der Waals surface area (Å²) in [6, 6.07) is 7.41. The summed E-state index contributed by atoms with van der Waals surface area (Å²) >= 11 is 6.44. The fourth-order valence-corrected chi connectivity index (χ4v) is 5.57. The molecule has 13 heteroatoms. The summed E-state index contributed by atoms with van der Waals surface area (Å²) in [4.78, 5) is 46.3. The van der Waals surface area contributed by atoms with Crippen LogP contribution in [0.15, 0.2) is 36.5 Å². The molecule has 0 spiro atoms. The van der Waals surface area contributed by atoms with Crippen molar-refractivity contribution in [3.63, 3.8) is 0 Å². The smallest absolute Gasteiger partial charge is 0.291 e. The number of hydrogen-bond donors (Lipinski definition) is 2. The Morgan fingerprint density at radius 1 is 1.10 bits per heavy atom. The maximum absolute atomic E-state index is 14.6. The Kier molecular flexibility index (Phi) is 8.74. The van der Waals surface area contributed by atoms with Crippen LogP contribution in [-0.4, -0.2) is 82.9 Å². The van der Waals surface area contributed by atoms with Crippen LogP contribution in [0.2, 0.25) is 5.02 Å². The van der Waals surface area contributed by atoms with Crippen LogP contribution >= 0.6 is 11.6 Å². The van der Waals surface area contributed by atoms with Gasteiger partial charge in [-0.05, 0) is 49.7 Å². The predicted molar refractivity (Wildman–Crippen MR) is 153 cm³/mol. The van der Waals surface area contributed by atoms with Crippen molar-refractivity contribution in [1.82, 2.24) is 24.7 Å². The minimum absolute atomic E-state index is 0.0481. The Morgan fingerprint density at radius 2 is 1.83 bits per heavy atom. The van der Waals surface area contributed by atoms with E-state index < -0.39 is 17.5 Å². The third kappa shape index (κ3) is 5.95. The molecule has 2 saturated heterocycles. The minimum Gasteiger partial charge on any atom is -0.494 e. The normalized spacial score (nSPS) is 16.9. The van der Waals surface area contributed by atoms with Crippen LogP contribution in [0.3, 0.4) is 0 Å². The molecule has 0 bridgehead atoms. The molecule has 42 heavy (non-hydrogen) atoms. The fraction of sp³-hybridized carbons (Fsp3) is 0.379. The zero-order chi connectivity index (χ0) is 30.0. The molecule has 0 saturated carbocycles. The second-order valence-corrected chi connectivity index (χ2v) is 10.7. The van der Waals surface area contributed by atoms with Crippen LogP contribution in [0.4, 0.5) is 14.5 Å². The molecule has 3 amide bonds. The van der Waals surface area contributed by atoms with Crippen molar-refractivity contribution >= 4 is 35.0 Å². The van der Waals surface area contributed by atoms with Gasteiger partial charge in [0.2, 0.25) is 11.7 Å². The zero-order valence-electron chi connectivity index (χ0n) is 23.3. The number of hydrogen-bond acceptors (Lipinski definition) is 6. The van der Waals surface area contributed by atoms with E-state index in [1.165, 1.54) is 49.2 Å². The van der Waals surface area contributed by atoms with Crippen LogP contribution in [0.5, 0.6) is 5.75 Å². The number of nitrogens with zero attached hydrogens (tertiary/aromatic N) is 4. The monoisotopic (exact) mass is 600 g/mol. The van der Waals surface area contributed by atoms with Gasteiger partial charge in [0, 0.05) is 56.9 Å². The number of carbonyl (C=O) groups excluding carboxylic acids is 3. The first-order valence-corrected chi connectivity index (χ1v) is 14.0. The fourth-order valence-electron chi connectivity index (χ4n) is 5.31. The molecule has 3 aromatic rings. The molecule has 2 aliphatic rings. The van der Waals surface area contributed by atoms with Gasteiger partial charge in [-0.1, -0.05) is 11.6 Å². The molecule has 2 aliphatic heterocycles. The maximum atomic E-state index is 14.6. The Morgan fingerprint density at radius 3 is 2.50 bits per heavy atom. The highest BCUT2D eigenvalue weighted by Gasteiger charge is 2.28. The van der Waals surface area contributed by atoms with Crippen LogP contribution in [-0.2, 0) is 11.8 Å². The molecule has 2 N–H and O–H groups in total. The van der Waals surface area contributed by atoms with Crippen LogP contribution in [0.25, 0.3) is 11.3 Å². The predicted octanol–water partition coefficient (Wildman–Crippen LogP) is 3.71. The van der Waals surface area contributed by atoms with Gasteiger partial charge in [-0.25, -0.2) is 9.37 Å². The molecular weight excluding hydrogens is 570 g/mol. The zero-order valence-corrected chi connectivity index (χ0v) is 24.0. The quantitative estimate of drug-likeness (QED) is 0.428. The summed E-state index contributed by atoms with van der Waals surface area (Å²) in [5.41, 5.74) is 0.712. The number of ether oxygens (including phenoxy) is 1. The van der Waals surface area contributed by atoms with Crippen molar-refractivity contribution in [2.24, 2.45) is 7.05 Å². The Bertz CT molecular complexity index is 1520. The standard InChI is InChI=1S/C29H31ClF2N6O4/c1-36-22(20-7-8-23(42-2)26(32)25(20)31)16-34-27(36)28(40)35-18-5-6-19(21(30)14-18)29(41)38-12-10-37(11-13-38)24(39)15-17-4-3-9-33-17/h5-8,14,16-17,33H,3-4,9-13,15H2,1-2H3,(H,35,40)/t17-/m1/s1. The van der Waals surface area contributed by atoms with Crippen molar-refractivity contribution in [3.05, 3.63) is 64.6 Å². The lowest BCUT2D eigenvalue weighted by atomic mass is 10.1. The van der Waals surface area contributed by atoms with Gasteiger partial charge in [0.05, 0.1) is 29.6 Å². The van der Waals surface area contributed by atoms with E-state index in [0.29, 0.717) is 38.3 Å². The van der Waals surface area contributed by atoms with Gasteiger partial charge in [-0.15, -0.1) is 0 Å². The van der Waals surface area contributed by atoms with Crippen LogP contribution < -0.4 is 15.4 Å². The average Bonchev–Trinajstić information content (AvgIpc) is 3.64. The Hall–Kier alpha value is -4.03. The van der Waals surface area contributed by atoms with Gasteiger partial charge in [-0.2, -0.15) is 4.39 Å². The van der Waals surface area contributed by atoms with E-state index in [1.807, 2.05) is 0 Å². The van der Waals surface area contributed by atoms with E-state index in [4.69, 9.17) is 16.3 Å². The first kappa shape index (κ1) is 29.5. The molecule has 10 nitrogen and oxygen atoms in total. The van der Waals surface area contributed by atoms with Gasteiger partial charge >= 0.3 is 0 Å². The number of carbonyl (C=O) groups is 3. The van der Waals surface area contributed by atoms with Gasteiger partial charge in [-0.3, -0.25) is 14.4 Å². The van der Waals surface area contributed by atoms with Crippen molar-refractivity contribution in [2.45, 2.75) is 25.3 Å². The summed E-state index contributed by atoms with van der Waals surface area (Å²) < 4.78 is 35.0. The van der Waals surface area contributed by atoms with E-state index >= 15 is 0 Å². The van der Waals surface area contributed by atoms with Crippen LogP contribution in [0, 0.1) is 11.6 Å². The molecule has 222 valence electrons. The SMILES string of the molecule is COc1ccc(-c2cnc(C(=O)Nc3ccc(C(=O)N4CCN(C(=O)C[C@H]5CCCN5)CC4)c(Cl)c3)n2C)c(F)c1F. The number of rotatable bonds is 7. The van der Waals surface area contributed by atoms with Gasteiger partial charge in [0.25, 0.3) is 11.8 Å². The average molecular weight is 601 g/mol. The summed E-state index contributed by atoms with van der Waals surface area (Å²) in [5, 5.41) is 6.16. The molecule has 2 fully saturated rings. The molecule has 1 atom stereocenters. The number of nitrogens with one attached hydrogen (secondary N) is 2. The van der Waals surface area contributed by atoms with E-state index in [9.17, 15) is 23.2 Å². The Balaban J connectivity index is 1.21. The molecule has 0 unspecified atom stereocenters. The summed E-state index contributed by atoms with van der Waals surface area (Å²) in [7, 11) is 2.74. The first-order valence-electron chi connectivity index (χ1n) is 13.6. The largest absolute Gasteiger partial charge is 0.494 e. The van der Waals surface area contributed by atoms with Gasteiger partial charge < -0.3 is 29.7 Å². The summed E-state index contributed by atoms with van der Waals surface area (Å²) in [6.07, 6.45) is 3.84. The maximum Gasteiger partial charge on any atom is 0.291 e. The number of anilines is 1. The highest BCUT2D eigenvalue weighted by atomic mass is 35.5. The van der Waals surface area contributed by atoms with Crippen molar-refractivity contribution in [2.75, 3.05) is 45.2 Å². The lowest BCUT2D eigenvalue weighted by molar-refractivity contribution is -0.133. The van der Waals surface area contributed by atoms with Crippen molar-refractivity contribution in [1.29, 1.82) is 0 Å². The highest BCUT2D eigenvalue weighted by Crippen LogP contribution is 2.30. The van der Waals surface area contributed by atoms with Gasteiger partial charge in [0.1, 0.15) is 0 Å². The summed E-state index contributed by atoms with van der Waals surface area (Å²) in [6.45, 7) is 2.67. The molecule has 1 aromatic heterocycles. The number of amides is 3. The third-order valence-corrected chi connectivity index (χ3v) is 8.01. The van der Waals surface area contributed by atoms with E-state index in [2.05, 4.69) is 15.6 Å². The van der Waals surface area contributed by atoms with Crippen molar-refractivity contribution in [3.8, 4) is 17.0 Å². The lowest BCUT2D eigenvalue weighted by Gasteiger charge is -2.35. The molecule has 5 rings (SSSR count). The number of imidazole rings is 1. The number of piperazine rings is 1. The lowest BCUT2D eigenvalue weighted by Crippen LogP contribution is -2.51. The second kappa shape index (κ2) is 12.5. The third-order valence-electron chi connectivity index (χ3n) is 7.69. The van der Waals surface area contributed by atoms with Crippen molar-refractivity contribution < 1.29 is 27.9 Å². The number of halogens is 3. The van der Waals surface area contributed by atoms with E-state index in [-0.39, 0.29) is 51.3 Å². The molecule has 0 aliphatic carbocycles. The van der Waals surface area contributed by atoms with E-state index in [1.54, 1.807) is 15.9 Å². The van der Waals surface area contributed by atoms with E-state index in [0.717, 1.165) is 19.4 Å². The first-order chi connectivity index (χ1) is 20.2. The summed E-state index contributed by atoms with van der Waals surface area (Å²) in [5.74, 6) is -3.31. The molecular formula is C29H31ClF2N6O4. The number of methoxy groups -OCH3 is 1. The van der Waals surface area contributed by atoms with Crippen LogP contribution in [0.1, 0.15) is 40.2 Å². The minimum atomic E-state index is -1.14. The van der Waals surface area contributed by atoms with Gasteiger partial charge in [0.15, 0.2) is 17.4 Å². The highest BCUT2D eigenvalue weighted by molar-refractivity contribution is 6.34. The number of aromatic nitrogens is 2. The molecule has 0 radical (unpaired) electrons. The molecule has 3 heterocycles. The molecule has 2 aromatic carbocycles. The Labute approximate surface area is 246 Å².